The van der Waals surface area contributed by atoms with Crippen molar-refractivity contribution in [3.8, 4) is 11.3 Å². The van der Waals surface area contributed by atoms with Crippen LogP contribution in [0.3, 0.4) is 0 Å². The third kappa shape index (κ3) is 2.01. The molecule has 0 radical (unpaired) electrons. The number of benzene rings is 1. The quantitative estimate of drug-likeness (QED) is 0.867. The van der Waals surface area contributed by atoms with Gasteiger partial charge in [-0.1, -0.05) is 41.9 Å². The molecule has 1 aromatic heterocycles. The van der Waals surface area contributed by atoms with Gasteiger partial charge in [0.2, 0.25) is 0 Å². The van der Waals surface area contributed by atoms with Crippen LogP contribution in [0.1, 0.15) is 10.4 Å². The van der Waals surface area contributed by atoms with Gasteiger partial charge in [-0.25, -0.2) is 4.79 Å². The van der Waals surface area contributed by atoms with Gasteiger partial charge in [0.25, 0.3) is 0 Å². The highest BCUT2D eigenvalue weighted by Gasteiger charge is 2.12. The monoisotopic (exact) mass is 234 g/mol. The summed E-state index contributed by atoms with van der Waals surface area (Å²) < 4.78 is 0. The molecule has 80 valence electrons. The minimum Gasteiger partial charge on any atom is -0.478 e. The number of aromatic carboxylic acids is 1. The lowest BCUT2D eigenvalue weighted by atomic mass is 10.1. The predicted octanol–water partition coefficient (Wildman–Crippen LogP) is 2.50. The first kappa shape index (κ1) is 10.6. The maximum atomic E-state index is 10.9. The summed E-state index contributed by atoms with van der Waals surface area (Å²) in [6, 6.07) is 10.6. The number of hydrogen-bond acceptors (Lipinski definition) is 3. The topological polar surface area (TPSA) is 63.1 Å². The van der Waals surface area contributed by atoms with E-state index in [0.29, 0.717) is 5.69 Å². The lowest BCUT2D eigenvalue weighted by molar-refractivity contribution is 0.0696. The van der Waals surface area contributed by atoms with Crippen molar-refractivity contribution in [2.75, 3.05) is 0 Å². The summed E-state index contributed by atoms with van der Waals surface area (Å²) in [4.78, 5) is 10.9. The van der Waals surface area contributed by atoms with Crippen LogP contribution >= 0.6 is 11.6 Å². The Labute approximate surface area is 96.5 Å². The predicted molar refractivity (Wildman–Crippen MR) is 59.4 cm³/mol. The number of rotatable bonds is 2. The lowest BCUT2D eigenvalue weighted by Gasteiger charge is -2.02. The van der Waals surface area contributed by atoms with E-state index in [1.165, 1.54) is 6.07 Å². The van der Waals surface area contributed by atoms with Crippen molar-refractivity contribution in [2.24, 2.45) is 0 Å². The highest BCUT2D eigenvalue weighted by Crippen LogP contribution is 2.20. The van der Waals surface area contributed by atoms with Gasteiger partial charge in [-0.2, -0.15) is 0 Å². The molecule has 0 saturated heterocycles. The highest BCUT2D eigenvalue weighted by molar-refractivity contribution is 6.32. The SMILES string of the molecule is O=C(O)c1cc(-c2ccccc2)nnc1Cl. The van der Waals surface area contributed by atoms with E-state index < -0.39 is 5.97 Å². The Morgan fingerprint density at radius 3 is 2.50 bits per heavy atom. The van der Waals surface area contributed by atoms with Crippen molar-refractivity contribution in [1.82, 2.24) is 10.2 Å². The third-order valence-electron chi connectivity index (χ3n) is 2.05. The van der Waals surface area contributed by atoms with Gasteiger partial charge in [0.05, 0.1) is 5.69 Å². The van der Waals surface area contributed by atoms with E-state index in [1.54, 1.807) is 0 Å². The molecule has 1 heterocycles. The van der Waals surface area contributed by atoms with Gasteiger partial charge >= 0.3 is 5.97 Å². The standard InChI is InChI=1S/C11H7ClN2O2/c12-10-8(11(15)16)6-9(13-14-10)7-4-2-1-3-5-7/h1-6H,(H,15,16). The van der Waals surface area contributed by atoms with E-state index in [0.717, 1.165) is 5.56 Å². The second-order valence-electron chi connectivity index (χ2n) is 3.11. The number of aromatic nitrogens is 2. The summed E-state index contributed by atoms with van der Waals surface area (Å²) in [7, 11) is 0. The first-order valence-corrected chi connectivity index (χ1v) is 4.88. The van der Waals surface area contributed by atoms with Crippen LogP contribution in [-0.4, -0.2) is 21.3 Å². The minimum absolute atomic E-state index is 0.0458. The van der Waals surface area contributed by atoms with Gasteiger partial charge in [-0.05, 0) is 6.07 Å². The van der Waals surface area contributed by atoms with Crippen LogP contribution < -0.4 is 0 Å². The molecule has 2 aromatic rings. The maximum Gasteiger partial charge on any atom is 0.338 e. The molecule has 0 saturated carbocycles. The van der Waals surface area contributed by atoms with Crippen LogP contribution in [0.4, 0.5) is 0 Å². The second kappa shape index (κ2) is 4.28. The summed E-state index contributed by atoms with van der Waals surface area (Å²) in [6.07, 6.45) is 0. The average molecular weight is 235 g/mol. The zero-order valence-corrected chi connectivity index (χ0v) is 8.85. The molecule has 0 fully saturated rings. The molecule has 0 aliphatic rings. The number of nitrogens with zero attached hydrogens (tertiary/aromatic N) is 2. The lowest BCUT2D eigenvalue weighted by Crippen LogP contribution is -2.01. The summed E-state index contributed by atoms with van der Waals surface area (Å²) in [5, 5.41) is 16.2. The van der Waals surface area contributed by atoms with Crippen LogP contribution in [0.25, 0.3) is 11.3 Å². The van der Waals surface area contributed by atoms with Crippen LogP contribution in [-0.2, 0) is 0 Å². The van der Waals surface area contributed by atoms with Crippen molar-refractivity contribution in [2.45, 2.75) is 0 Å². The Bertz CT molecular complexity index is 529. The number of carboxylic acid groups (broad SMARTS) is 1. The average Bonchev–Trinajstić information content (AvgIpc) is 2.30. The van der Waals surface area contributed by atoms with E-state index in [-0.39, 0.29) is 10.7 Å². The molecule has 0 atom stereocenters. The van der Waals surface area contributed by atoms with Gasteiger partial charge < -0.3 is 5.11 Å². The molecule has 0 unspecified atom stereocenters. The Hall–Kier alpha value is -1.94. The molecule has 0 bridgehead atoms. The van der Waals surface area contributed by atoms with Gasteiger partial charge in [-0.15, -0.1) is 10.2 Å². The van der Waals surface area contributed by atoms with Gasteiger partial charge in [-0.3, -0.25) is 0 Å². The van der Waals surface area contributed by atoms with Crippen molar-refractivity contribution >= 4 is 17.6 Å². The molecule has 0 aliphatic carbocycles. The second-order valence-corrected chi connectivity index (χ2v) is 3.46. The highest BCUT2D eigenvalue weighted by atomic mass is 35.5. The van der Waals surface area contributed by atoms with Crippen molar-refractivity contribution in [1.29, 1.82) is 0 Å². The Balaban J connectivity index is 2.52. The van der Waals surface area contributed by atoms with Gasteiger partial charge in [0.15, 0.2) is 5.15 Å². The number of hydrogen-bond donors (Lipinski definition) is 1. The van der Waals surface area contributed by atoms with Gasteiger partial charge in [0.1, 0.15) is 5.56 Å². The van der Waals surface area contributed by atoms with E-state index in [1.807, 2.05) is 30.3 Å². The Morgan fingerprint density at radius 1 is 1.19 bits per heavy atom. The van der Waals surface area contributed by atoms with Crippen LogP contribution in [0, 0.1) is 0 Å². The van der Waals surface area contributed by atoms with Crippen LogP contribution in [0.5, 0.6) is 0 Å². The smallest absolute Gasteiger partial charge is 0.338 e. The number of carbonyl (C=O) groups is 1. The zero-order chi connectivity index (χ0) is 11.5. The van der Waals surface area contributed by atoms with E-state index >= 15 is 0 Å². The number of halogens is 1. The first-order valence-electron chi connectivity index (χ1n) is 4.50. The fraction of sp³-hybridized carbons (Fsp3) is 0. The molecular formula is C11H7ClN2O2. The van der Waals surface area contributed by atoms with Crippen molar-refractivity contribution in [3.05, 3.63) is 47.1 Å². The zero-order valence-electron chi connectivity index (χ0n) is 8.09. The molecule has 1 aromatic carbocycles. The Morgan fingerprint density at radius 2 is 1.88 bits per heavy atom. The molecule has 0 amide bonds. The summed E-state index contributed by atoms with van der Waals surface area (Å²) >= 11 is 5.62. The minimum atomic E-state index is -1.11. The molecule has 4 nitrogen and oxygen atoms in total. The Kier molecular flexibility index (Phi) is 2.83. The van der Waals surface area contributed by atoms with E-state index in [4.69, 9.17) is 16.7 Å². The van der Waals surface area contributed by atoms with Crippen molar-refractivity contribution in [3.63, 3.8) is 0 Å². The molecular weight excluding hydrogens is 228 g/mol. The first-order chi connectivity index (χ1) is 7.68. The molecule has 16 heavy (non-hydrogen) atoms. The fourth-order valence-corrected chi connectivity index (χ4v) is 1.45. The largest absolute Gasteiger partial charge is 0.478 e. The molecule has 1 N–H and O–H groups in total. The third-order valence-corrected chi connectivity index (χ3v) is 2.33. The fourth-order valence-electron chi connectivity index (χ4n) is 1.28. The summed E-state index contributed by atoms with van der Waals surface area (Å²) in [6.45, 7) is 0. The molecule has 0 spiro atoms. The van der Waals surface area contributed by atoms with E-state index in [2.05, 4.69) is 10.2 Å². The van der Waals surface area contributed by atoms with Crippen molar-refractivity contribution < 1.29 is 9.90 Å². The van der Waals surface area contributed by atoms with Gasteiger partial charge in [0, 0.05) is 5.56 Å². The van der Waals surface area contributed by atoms with E-state index in [9.17, 15) is 4.79 Å². The normalized spacial score (nSPS) is 10.1. The molecule has 0 aliphatic heterocycles. The van der Waals surface area contributed by atoms with Crippen LogP contribution in [0.15, 0.2) is 36.4 Å². The number of carboxylic acids is 1. The molecule has 2 rings (SSSR count). The van der Waals surface area contributed by atoms with Crippen LogP contribution in [0.2, 0.25) is 5.15 Å². The summed E-state index contributed by atoms with van der Waals surface area (Å²) in [5.74, 6) is -1.11. The summed E-state index contributed by atoms with van der Waals surface area (Å²) in [5.41, 5.74) is 1.24. The molecule has 5 heteroatoms. The maximum absolute atomic E-state index is 10.9.